The molecule has 0 atom stereocenters. The van der Waals surface area contributed by atoms with E-state index in [4.69, 9.17) is 0 Å². The summed E-state index contributed by atoms with van der Waals surface area (Å²) >= 11 is 0. The first-order chi connectivity index (χ1) is 12.4. The van der Waals surface area contributed by atoms with Crippen LogP contribution in [0.4, 0.5) is 0 Å². The minimum Gasteiger partial charge on any atom is -0.504 e. The number of benzene rings is 2. The average molecular weight is 346 g/mol. The standard InChI is InChI=1S/C22H18O4/c1-13-12-18(24)21(25)22(26)20(19(13)14(2)23)17-10-8-16(9-11-17)15-6-4-3-5-7-15/h3-12H,1-2H3,(H2,24,25,26). The number of aryl methyl sites for hydroxylation is 1. The first kappa shape index (κ1) is 17.4. The molecule has 0 saturated heterocycles. The second-order valence-electron chi connectivity index (χ2n) is 6.14. The molecule has 3 aromatic rings. The van der Waals surface area contributed by atoms with Gasteiger partial charge in [-0.25, -0.2) is 0 Å². The summed E-state index contributed by atoms with van der Waals surface area (Å²) < 4.78 is 0. The van der Waals surface area contributed by atoms with Gasteiger partial charge in [-0.2, -0.15) is 0 Å². The fourth-order valence-corrected chi connectivity index (χ4v) is 3.09. The number of hydrogen-bond donors (Lipinski definition) is 2. The lowest BCUT2D eigenvalue weighted by Crippen LogP contribution is -2.01. The van der Waals surface area contributed by atoms with Gasteiger partial charge in [-0.05, 0) is 42.2 Å². The van der Waals surface area contributed by atoms with Gasteiger partial charge < -0.3 is 10.2 Å². The zero-order valence-electron chi connectivity index (χ0n) is 14.5. The van der Waals surface area contributed by atoms with Crippen molar-refractivity contribution >= 4 is 5.78 Å². The second-order valence-corrected chi connectivity index (χ2v) is 6.14. The summed E-state index contributed by atoms with van der Waals surface area (Å²) in [5, 5.41) is 20.2. The van der Waals surface area contributed by atoms with E-state index in [1.54, 1.807) is 19.1 Å². The van der Waals surface area contributed by atoms with Gasteiger partial charge in [0.1, 0.15) is 0 Å². The van der Waals surface area contributed by atoms with Crippen LogP contribution in [0.25, 0.3) is 22.3 Å². The third kappa shape index (κ3) is 3.09. The monoisotopic (exact) mass is 346 g/mol. The zero-order valence-corrected chi connectivity index (χ0v) is 14.5. The van der Waals surface area contributed by atoms with Gasteiger partial charge in [-0.15, -0.1) is 0 Å². The van der Waals surface area contributed by atoms with E-state index >= 15 is 0 Å². The Morgan fingerprint density at radius 2 is 1.38 bits per heavy atom. The van der Waals surface area contributed by atoms with Crippen LogP contribution in [0.1, 0.15) is 22.8 Å². The number of rotatable bonds is 3. The minimum absolute atomic E-state index is 0.139. The molecule has 3 aromatic carbocycles. The van der Waals surface area contributed by atoms with Crippen molar-refractivity contribution in [3.63, 3.8) is 0 Å². The molecule has 0 aromatic heterocycles. The molecular formula is C22H18O4. The highest BCUT2D eigenvalue weighted by Crippen LogP contribution is 2.34. The third-order valence-electron chi connectivity index (χ3n) is 4.31. The molecular weight excluding hydrogens is 328 g/mol. The predicted molar refractivity (Wildman–Crippen MR) is 102 cm³/mol. The molecule has 0 spiro atoms. The summed E-state index contributed by atoms with van der Waals surface area (Å²) in [4.78, 5) is 24.3. The maximum Gasteiger partial charge on any atom is 0.262 e. The van der Waals surface area contributed by atoms with Crippen molar-refractivity contribution < 1.29 is 15.0 Å². The lowest BCUT2D eigenvalue weighted by atomic mass is 9.94. The Hall–Kier alpha value is -3.40. The fourth-order valence-electron chi connectivity index (χ4n) is 3.09. The largest absolute Gasteiger partial charge is 0.504 e. The molecule has 4 heteroatoms. The Bertz CT molecular complexity index is 1040. The van der Waals surface area contributed by atoms with Crippen LogP contribution in [0, 0.1) is 6.92 Å². The van der Waals surface area contributed by atoms with Crippen LogP contribution in [-0.2, 0) is 0 Å². The maximum absolute atomic E-state index is 12.2. The Kier molecular flexibility index (Phi) is 4.59. The van der Waals surface area contributed by atoms with Gasteiger partial charge in [0.2, 0.25) is 0 Å². The Morgan fingerprint density at radius 1 is 0.846 bits per heavy atom. The molecule has 2 N–H and O–H groups in total. The first-order valence-corrected chi connectivity index (χ1v) is 8.16. The second kappa shape index (κ2) is 6.84. The van der Waals surface area contributed by atoms with Crippen molar-refractivity contribution in [1.82, 2.24) is 0 Å². The van der Waals surface area contributed by atoms with Crippen LogP contribution in [0.5, 0.6) is 11.5 Å². The number of ketones is 1. The highest BCUT2D eigenvalue weighted by atomic mass is 16.3. The molecule has 0 aliphatic carbocycles. The number of aromatic hydroxyl groups is 2. The highest BCUT2D eigenvalue weighted by molar-refractivity contribution is 6.03. The molecule has 3 rings (SSSR count). The van der Waals surface area contributed by atoms with Gasteiger partial charge in [0, 0.05) is 11.1 Å². The molecule has 0 bridgehead atoms. The summed E-state index contributed by atoms with van der Waals surface area (Å²) in [6.45, 7) is 2.99. The third-order valence-corrected chi connectivity index (χ3v) is 4.31. The van der Waals surface area contributed by atoms with Crippen LogP contribution >= 0.6 is 0 Å². The number of carbonyl (C=O) groups is 1. The highest BCUT2D eigenvalue weighted by Gasteiger charge is 2.20. The summed E-state index contributed by atoms with van der Waals surface area (Å²) in [6, 6.07) is 18.2. The molecule has 0 aliphatic heterocycles. The van der Waals surface area contributed by atoms with E-state index in [0.717, 1.165) is 11.1 Å². The smallest absolute Gasteiger partial charge is 0.262 e. The van der Waals surface area contributed by atoms with Crippen molar-refractivity contribution in [2.24, 2.45) is 0 Å². The Morgan fingerprint density at radius 3 is 1.96 bits per heavy atom. The van der Waals surface area contributed by atoms with Gasteiger partial charge in [0.15, 0.2) is 17.3 Å². The molecule has 0 radical (unpaired) electrons. The molecule has 4 nitrogen and oxygen atoms in total. The van der Waals surface area contributed by atoms with Crippen molar-refractivity contribution in [3.05, 3.63) is 82.0 Å². The molecule has 0 saturated carbocycles. The summed E-state index contributed by atoms with van der Waals surface area (Å²) in [5.41, 5.74) is 2.42. The first-order valence-electron chi connectivity index (χ1n) is 8.16. The summed E-state index contributed by atoms with van der Waals surface area (Å²) in [5.74, 6) is -1.52. The normalized spacial score (nSPS) is 10.5. The predicted octanol–water partition coefficient (Wildman–Crippen LogP) is 4.30. The minimum atomic E-state index is -0.900. The molecule has 0 amide bonds. The molecule has 26 heavy (non-hydrogen) atoms. The van der Waals surface area contributed by atoms with Crippen molar-refractivity contribution in [2.45, 2.75) is 13.8 Å². The van der Waals surface area contributed by atoms with E-state index in [1.807, 2.05) is 42.5 Å². The molecule has 130 valence electrons. The van der Waals surface area contributed by atoms with Gasteiger partial charge in [0.25, 0.3) is 5.43 Å². The molecule has 0 aliphatic rings. The topological polar surface area (TPSA) is 74.6 Å². The van der Waals surface area contributed by atoms with Crippen LogP contribution in [0.2, 0.25) is 0 Å². The average Bonchev–Trinajstić information content (AvgIpc) is 2.72. The van der Waals surface area contributed by atoms with Gasteiger partial charge in [-0.1, -0.05) is 54.6 Å². The van der Waals surface area contributed by atoms with Crippen LogP contribution in [0.15, 0.2) is 65.5 Å². The fraction of sp³-hybridized carbons (Fsp3) is 0.0909. The van der Waals surface area contributed by atoms with Crippen LogP contribution in [0.3, 0.4) is 0 Å². The SMILES string of the molecule is CC(=O)c1c(C)cc(O)c(=O)c(O)c1-c1ccc(-c2ccccc2)cc1. The van der Waals surface area contributed by atoms with Crippen LogP contribution in [-0.4, -0.2) is 16.0 Å². The molecule has 0 unspecified atom stereocenters. The van der Waals surface area contributed by atoms with Gasteiger partial charge in [-0.3, -0.25) is 9.59 Å². The lowest BCUT2D eigenvalue weighted by Gasteiger charge is -2.09. The molecule has 0 fully saturated rings. The number of hydrogen-bond acceptors (Lipinski definition) is 4. The van der Waals surface area contributed by atoms with E-state index in [9.17, 15) is 19.8 Å². The lowest BCUT2D eigenvalue weighted by molar-refractivity contribution is 0.101. The van der Waals surface area contributed by atoms with Gasteiger partial charge >= 0.3 is 0 Å². The zero-order chi connectivity index (χ0) is 18.8. The van der Waals surface area contributed by atoms with Crippen molar-refractivity contribution in [1.29, 1.82) is 0 Å². The maximum atomic E-state index is 12.2. The van der Waals surface area contributed by atoms with Crippen molar-refractivity contribution in [3.8, 4) is 33.8 Å². The van der Waals surface area contributed by atoms with Crippen molar-refractivity contribution in [2.75, 3.05) is 0 Å². The van der Waals surface area contributed by atoms with E-state index in [1.165, 1.54) is 13.0 Å². The summed E-state index contributed by atoms with van der Waals surface area (Å²) in [6.07, 6.45) is 0. The van der Waals surface area contributed by atoms with E-state index in [-0.39, 0.29) is 16.9 Å². The molecule has 0 heterocycles. The summed E-state index contributed by atoms with van der Waals surface area (Å²) in [7, 11) is 0. The Balaban J connectivity index is 2.26. The van der Waals surface area contributed by atoms with E-state index in [2.05, 4.69) is 0 Å². The Labute approximate surface area is 151 Å². The van der Waals surface area contributed by atoms with Crippen LogP contribution < -0.4 is 5.43 Å². The van der Waals surface area contributed by atoms with E-state index in [0.29, 0.717) is 11.1 Å². The number of Topliss-reactive ketones (excluding diaryl/α,β-unsaturated/α-hetero) is 1. The van der Waals surface area contributed by atoms with E-state index < -0.39 is 16.9 Å². The van der Waals surface area contributed by atoms with Gasteiger partial charge in [0.05, 0.1) is 0 Å². The quantitative estimate of drug-likeness (QED) is 0.693. The number of carbonyl (C=O) groups excluding carboxylic acids is 1.